The van der Waals surface area contributed by atoms with E-state index in [4.69, 9.17) is 0 Å². The van der Waals surface area contributed by atoms with Crippen LogP contribution in [0.15, 0.2) is 42.5 Å². The van der Waals surface area contributed by atoms with Crippen molar-refractivity contribution in [1.82, 2.24) is 0 Å². The van der Waals surface area contributed by atoms with Crippen molar-refractivity contribution < 1.29 is 10.2 Å². The number of rotatable bonds is 0. The van der Waals surface area contributed by atoms with E-state index >= 15 is 0 Å². The monoisotopic (exact) mass is 428 g/mol. The molecular weight excluding hydrogens is 392 g/mol. The van der Waals surface area contributed by atoms with Gasteiger partial charge in [0, 0.05) is 21.5 Å². The van der Waals surface area contributed by atoms with Crippen LogP contribution in [-0.4, -0.2) is 10.2 Å². The summed E-state index contributed by atoms with van der Waals surface area (Å²) in [5.74, 6) is 0.456. The summed E-state index contributed by atoms with van der Waals surface area (Å²) in [6.07, 6.45) is 0. The van der Waals surface area contributed by atoms with Crippen LogP contribution < -0.4 is 0 Å². The van der Waals surface area contributed by atoms with E-state index in [1.165, 1.54) is 16.7 Å². The number of hydrogen-bond donors (Lipinski definition) is 2. The highest BCUT2D eigenvalue weighted by molar-refractivity contribution is 6.14. The first-order valence-corrected chi connectivity index (χ1v) is 11.5. The number of benzene rings is 4. The van der Waals surface area contributed by atoms with E-state index in [9.17, 15) is 10.2 Å². The predicted molar refractivity (Wildman–Crippen MR) is 138 cm³/mol. The topological polar surface area (TPSA) is 40.5 Å². The number of hydrogen-bond acceptors (Lipinski definition) is 2. The standard InChI is InChI=1S/C30H36O2/c1-28(2,3)23-15-17-14-21-22(27(32)19-13-11-10-12-18(19)26(21)31)16-20(17)24(29(4,5)6)25(23)30(7,8)9/h10-16,31-32H,1-9H3. The number of phenolic OH excluding ortho intramolecular Hbond substituents is 2. The van der Waals surface area contributed by atoms with E-state index in [1.54, 1.807) is 0 Å². The minimum absolute atomic E-state index is 0.0284. The van der Waals surface area contributed by atoms with Gasteiger partial charge < -0.3 is 10.2 Å². The fourth-order valence-corrected chi connectivity index (χ4v) is 5.18. The molecule has 0 heterocycles. The van der Waals surface area contributed by atoms with Crippen molar-refractivity contribution in [3.05, 3.63) is 59.2 Å². The van der Waals surface area contributed by atoms with E-state index < -0.39 is 0 Å². The van der Waals surface area contributed by atoms with Crippen molar-refractivity contribution in [2.75, 3.05) is 0 Å². The highest BCUT2D eigenvalue weighted by atomic mass is 16.3. The van der Waals surface area contributed by atoms with Crippen molar-refractivity contribution in [3.8, 4) is 11.5 Å². The average molecular weight is 429 g/mol. The van der Waals surface area contributed by atoms with Crippen LogP contribution in [0.5, 0.6) is 11.5 Å². The molecule has 0 radical (unpaired) electrons. The maximum absolute atomic E-state index is 11.2. The molecule has 32 heavy (non-hydrogen) atoms. The largest absolute Gasteiger partial charge is 0.507 e. The number of phenols is 2. The molecule has 168 valence electrons. The summed E-state index contributed by atoms with van der Waals surface area (Å²) in [6, 6.07) is 14.0. The second-order valence-electron chi connectivity index (χ2n) is 12.3. The van der Waals surface area contributed by atoms with Crippen molar-refractivity contribution in [2.45, 2.75) is 78.6 Å². The quantitative estimate of drug-likeness (QED) is 0.218. The molecule has 0 saturated carbocycles. The van der Waals surface area contributed by atoms with Crippen LogP contribution in [-0.2, 0) is 16.2 Å². The molecule has 0 bridgehead atoms. The summed E-state index contributed by atoms with van der Waals surface area (Å²) >= 11 is 0. The molecule has 0 amide bonds. The molecule has 0 aromatic heterocycles. The summed E-state index contributed by atoms with van der Waals surface area (Å²) < 4.78 is 0. The molecule has 0 aliphatic heterocycles. The van der Waals surface area contributed by atoms with Gasteiger partial charge in [0.15, 0.2) is 0 Å². The Labute approximate surface area is 191 Å². The third-order valence-electron chi connectivity index (χ3n) is 6.53. The van der Waals surface area contributed by atoms with Gasteiger partial charge in [-0.25, -0.2) is 0 Å². The van der Waals surface area contributed by atoms with Crippen molar-refractivity contribution in [2.24, 2.45) is 0 Å². The van der Waals surface area contributed by atoms with Gasteiger partial charge in [-0.2, -0.15) is 0 Å². The van der Waals surface area contributed by atoms with Gasteiger partial charge in [0.2, 0.25) is 0 Å². The summed E-state index contributed by atoms with van der Waals surface area (Å²) in [6.45, 7) is 20.5. The normalized spacial score (nSPS) is 13.4. The maximum Gasteiger partial charge on any atom is 0.131 e. The van der Waals surface area contributed by atoms with E-state index in [-0.39, 0.29) is 27.7 Å². The minimum Gasteiger partial charge on any atom is -0.507 e. The van der Waals surface area contributed by atoms with Crippen LogP contribution >= 0.6 is 0 Å². The lowest BCUT2D eigenvalue weighted by atomic mass is 9.67. The zero-order valence-electron chi connectivity index (χ0n) is 20.9. The average Bonchev–Trinajstić information content (AvgIpc) is 2.67. The minimum atomic E-state index is -0.0929. The van der Waals surface area contributed by atoms with Crippen LogP contribution in [0.3, 0.4) is 0 Å². The van der Waals surface area contributed by atoms with Gasteiger partial charge in [0.25, 0.3) is 0 Å². The Morgan fingerprint density at radius 3 is 1.41 bits per heavy atom. The van der Waals surface area contributed by atoms with Crippen molar-refractivity contribution >= 4 is 32.3 Å². The molecule has 2 nitrogen and oxygen atoms in total. The molecule has 0 aliphatic carbocycles. The van der Waals surface area contributed by atoms with Gasteiger partial charge >= 0.3 is 0 Å². The van der Waals surface area contributed by atoms with E-state index in [1.807, 2.05) is 24.3 Å². The lowest BCUT2D eigenvalue weighted by Crippen LogP contribution is -2.28. The fourth-order valence-electron chi connectivity index (χ4n) is 5.18. The molecule has 0 unspecified atom stereocenters. The van der Waals surface area contributed by atoms with Gasteiger partial charge in [-0.15, -0.1) is 0 Å². The first kappa shape index (κ1) is 22.5. The second kappa shape index (κ2) is 6.88. The first-order chi connectivity index (χ1) is 14.6. The van der Waals surface area contributed by atoms with Crippen LogP contribution in [0, 0.1) is 0 Å². The Balaban J connectivity index is 2.32. The summed E-state index contributed by atoms with van der Waals surface area (Å²) in [4.78, 5) is 0. The third-order valence-corrected chi connectivity index (χ3v) is 6.53. The lowest BCUT2D eigenvalue weighted by Gasteiger charge is -2.37. The van der Waals surface area contributed by atoms with Crippen LogP contribution in [0.2, 0.25) is 0 Å². The number of aromatic hydroxyl groups is 2. The Bertz CT molecular complexity index is 1370. The summed E-state index contributed by atoms with van der Waals surface area (Å²) in [5, 5.41) is 27.3. The van der Waals surface area contributed by atoms with E-state index in [0.717, 1.165) is 10.8 Å². The van der Waals surface area contributed by atoms with Crippen molar-refractivity contribution in [3.63, 3.8) is 0 Å². The van der Waals surface area contributed by atoms with Crippen molar-refractivity contribution in [1.29, 1.82) is 0 Å². The maximum atomic E-state index is 11.2. The molecule has 4 aromatic rings. The Morgan fingerprint density at radius 1 is 0.500 bits per heavy atom. The van der Waals surface area contributed by atoms with Gasteiger partial charge in [-0.3, -0.25) is 0 Å². The Morgan fingerprint density at radius 2 is 0.969 bits per heavy atom. The van der Waals surface area contributed by atoms with Gasteiger partial charge in [0.1, 0.15) is 11.5 Å². The molecule has 2 heteroatoms. The fraction of sp³-hybridized carbons (Fsp3) is 0.400. The summed E-state index contributed by atoms with van der Waals surface area (Å²) in [7, 11) is 0. The zero-order valence-corrected chi connectivity index (χ0v) is 20.9. The SMILES string of the molecule is CC(C)(C)c1cc2cc3c(O)c4ccccc4c(O)c3cc2c(C(C)(C)C)c1C(C)(C)C. The molecule has 0 atom stereocenters. The first-order valence-electron chi connectivity index (χ1n) is 11.5. The predicted octanol–water partition coefficient (Wildman–Crippen LogP) is 8.45. The summed E-state index contributed by atoms with van der Waals surface area (Å²) in [5.41, 5.74) is 3.88. The molecule has 2 N–H and O–H groups in total. The third kappa shape index (κ3) is 3.41. The molecule has 4 aromatic carbocycles. The second-order valence-corrected chi connectivity index (χ2v) is 12.3. The molecule has 0 aliphatic rings. The van der Waals surface area contributed by atoms with E-state index in [0.29, 0.717) is 21.5 Å². The molecule has 0 fully saturated rings. The Kier molecular flexibility index (Phi) is 4.83. The highest BCUT2D eigenvalue weighted by Crippen LogP contribution is 2.48. The van der Waals surface area contributed by atoms with Gasteiger partial charge in [-0.05, 0) is 55.8 Å². The highest BCUT2D eigenvalue weighted by Gasteiger charge is 2.33. The van der Waals surface area contributed by atoms with Crippen LogP contribution in [0.4, 0.5) is 0 Å². The molecule has 0 saturated heterocycles. The molecule has 0 spiro atoms. The van der Waals surface area contributed by atoms with Crippen LogP contribution in [0.1, 0.15) is 79.0 Å². The smallest absolute Gasteiger partial charge is 0.131 e. The van der Waals surface area contributed by atoms with Gasteiger partial charge in [0.05, 0.1) is 0 Å². The van der Waals surface area contributed by atoms with E-state index in [2.05, 4.69) is 80.5 Å². The molecular formula is C30H36O2. The zero-order chi connectivity index (χ0) is 23.8. The van der Waals surface area contributed by atoms with Gasteiger partial charge in [-0.1, -0.05) is 92.6 Å². The molecule has 4 rings (SSSR count). The number of fused-ring (bicyclic) bond motifs is 3. The lowest BCUT2D eigenvalue weighted by molar-refractivity contribution is 0.478. The van der Waals surface area contributed by atoms with Crippen LogP contribution in [0.25, 0.3) is 32.3 Å². The Hall–Kier alpha value is -2.74.